The van der Waals surface area contributed by atoms with Gasteiger partial charge in [-0.3, -0.25) is 14.4 Å². The zero-order valence-corrected chi connectivity index (χ0v) is 48.2. The smallest absolute Gasteiger partial charge is 0.416 e. The van der Waals surface area contributed by atoms with Gasteiger partial charge in [-0.05, 0) is 146 Å². The monoisotopic (exact) mass is 1320 g/mol. The van der Waals surface area contributed by atoms with Crippen LogP contribution in [0, 0.1) is 6.92 Å². The number of methoxy groups -OCH3 is 1. The lowest BCUT2D eigenvalue weighted by atomic mass is 10.1. The van der Waals surface area contributed by atoms with Crippen LogP contribution in [0.4, 0.5) is 56.6 Å². The van der Waals surface area contributed by atoms with Crippen molar-refractivity contribution in [1.82, 2.24) is 15.0 Å². The number of pyridine rings is 3. The molecule has 0 saturated carbocycles. The minimum Gasteiger partial charge on any atom is -0.493 e. The number of hydrogen-bond acceptors (Lipinski definition) is 13. The molecule has 0 atom stereocenters. The molecule has 9 rings (SSSR count). The first-order chi connectivity index (χ1) is 43.4. The molecule has 0 radical (unpaired) electrons. The summed E-state index contributed by atoms with van der Waals surface area (Å²) in [6.45, 7) is 1.70. The fourth-order valence-corrected chi connectivity index (χ4v) is 8.01. The zero-order valence-electron chi connectivity index (χ0n) is 46.7. The van der Waals surface area contributed by atoms with E-state index in [2.05, 4.69) is 30.9 Å². The largest absolute Gasteiger partial charge is 0.493 e. The number of nitrogens with zero attached hydrogens (tertiary/aromatic N) is 3. The van der Waals surface area contributed by atoms with Gasteiger partial charge in [0.1, 0.15) is 45.8 Å². The number of aromatic carboxylic acids is 3. The van der Waals surface area contributed by atoms with E-state index in [-0.39, 0.29) is 79.0 Å². The highest BCUT2D eigenvalue weighted by Gasteiger charge is 2.35. The van der Waals surface area contributed by atoms with Crippen LogP contribution in [0.15, 0.2) is 176 Å². The Balaban J connectivity index is 0.000000196. The van der Waals surface area contributed by atoms with Crippen molar-refractivity contribution in [2.24, 2.45) is 0 Å². The number of hydrogen-bond donors (Lipinski definition) is 6. The first-order valence-electron chi connectivity index (χ1n) is 25.7. The normalized spacial score (nSPS) is 11.1. The molecule has 3 heterocycles. The molecule has 0 aliphatic heterocycles. The molecular formula is C62H41Cl2F9N6O13. The summed E-state index contributed by atoms with van der Waals surface area (Å²) in [6.07, 6.45) is -10.8. The van der Waals surface area contributed by atoms with Gasteiger partial charge in [0.25, 0.3) is 17.7 Å². The number of halogens is 11. The van der Waals surface area contributed by atoms with E-state index in [9.17, 15) is 68.3 Å². The van der Waals surface area contributed by atoms with Crippen LogP contribution < -0.4 is 34.9 Å². The van der Waals surface area contributed by atoms with Gasteiger partial charge in [-0.15, -0.1) is 0 Å². The molecular weight excluding hydrogens is 1280 g/mol. The number of carboxylic acid groups (broad SMARTS) is 3. The number of aryl methyl sites for hydroxylation is 1. The molecule has 0 aliphatic carbocycles. The van der Waals surface area contributed by atoms with Crippen molar-refractivity contribution in [3.63, 3.8) is 0 Å². The number of carbonyl (C=O) groups is 6. The highest BCUT2D eigenvalue weighted by Crippen LogP contribution is 2.40. The fourth-order valence-electron chi connectivity index (χ4n) is 7.61. The molecule has 9 aromatic rings. The van der Waals surface area contributed by atoms with Crippen LogP contribution in [0.2, 0.25) is 10.0 Å². The molecule has 0 unspecified atom stereocenters. The average molecular weight is 1320 g/mol. The van der Waals surface area contributed by atoms with Crippen LogP contribution in [0.3, 0.4) is 0 Å². The average Bonchev–Trinajstić information content (AvgIpc) is 0.860. The summed E-state index contributed by atoms with van der Waals surface area (Å²) >= 11 is 11.9. The van der Waals surface area contributed by atoms with E-state index in [0.29, 0.717) is 40.3 Å². The van der Waals surface area contributed by atoms with Crippen LogP contribution in [0.1, 0.15) is 84.8 Å². The van der Waals surface area contributed by atoms with Gasteiger partial charge in [0.2, 0.25) is 0 Å². The number of alkyl halides is 9. The first kappa shape index (κ1) is 68.2. The number of anilines is 3. The highest BCUT2D eigenvalue weighted by molar-refractivity contribution is 6.32. The summed E-state index contributed by atoms with van der Waals surface area (Å²) in [5.41, 5.74) is -4.12. The van der Waals surface area contributed by atoms with Gasteiger partial charge in [0.15, 0.2) is 11.5 Å². The second-order valence-corrected chi connectivity index (χ2v) is 19.3. The quantitative estimate of drug-likeness (QED) is 0.0491. The van der Waals surface area contributed by atoms with E-state index in [1.54, 1.807) is 49.4 Å². The number of ether oxygens (including phenoxy) is 4. The molecule has 6 N–H and O–H groups in total. The summed E-state index contributed by atoms with van der Waals surface area (Å²) < 4.78 is 141. The number of amides is 3. The number of benzene rings is 6. The van der Waals surface area contributed by atoms with E-state index < -0.39 is 76.4 Å². The lowest BCUT2D eigenvalue weighted by Gasteiger charge is -2.15. The first-order valence-corrected chi connectivity index (χ1v) is 26.5. The Bertz CT molecular complexity index is 4220. The Morgan fingerprint density at radius 1 is 0.402 bits per heavy atom. The number of nitrogens with one attached hydrogen (secondary N) is 3. The molecule has 3 aromatic heterocycles. The predicted molar refractivity (Wildman–Crippen MR) is 313 cm³/mol. The summed E-state index contributed by atoms with van der Waals surface area (Å²) in [5.74, 6) is -5.89. The zero-order chi connectivity index (χ0) is 67.2. The van der Waals surface area contributed by atoms with Crippen molar-refractivity contribution < 1.29 is 103 Å². The minimum atomic E-state index is -4.68. The second-order valence-electron chi connectivity index (χ2n) is 18.5. The molecule has 0 spiro atoms. The van der Waals surface area contributed by atoms with Gasteiger partial charge in [-0.2, -0.15) is 39.5 Å². The van der Waals surface area contributed by atoms with Crippen LogP contribution in [-0.4, -0.2) is 73.0 Å². The van der Waals surface area contributed by atoms with E-state index >= 15 is 0 Å². The van der Waals surface area contributed by atoms with Crippen LogP contribution in [-0.2, 0) is 18.5 Å². The maximum atomic E-state index is 13.2. The molecule has 30 heteroatoms. The van der Waals surface area contributed by atoms with Gasteiger partial charge in [0, 0.05) is 5.02 Å². The predicted octanol–water partition coefficient (Wildman–Crippen LogP) is 16.2. The van der Waals surface area contributed by atoms with E-state index in [0.717, 1.165) is 73.2 Å². The molecule has 0 aliphatic rings. The third kappa shape index (κ3) is 18.4. The summed E-state index contributed by atoms with van der Waals surface area (Å²) in [4.78, 5) is 81.7. The van der Waals surface area contributed by atoms with Gasteiger partial charge < -0.3 is 50.2 Å². The molecule has 6 aromatic carbocycles. The molecule has 0 fully saturated rings. The minimum absolute atomic E-state index is 0.0890. The maximum absolute atomic E-state index is 13.2. The van der Waals surface area contributed by atoms with Crippen LogP contribution >= 0.6 is 23.2 Å². The molecule has 92 heavy (non-hydrogen) atoms. The summed E-state index contributed by atoms with van der Waals surface area (Å²) in [6, 6.07) is 32.1. The van der Waals surface area contributed by atoms with E-state index in [1.807, 2.05) is 0 Å². The molecule has 19 nitrogen and oxygen atoms in total. The maximum Gasteiger partial charge on any atom is 0.416 e. The van der Waals surface area contributed by atoms with Crippen molar-refractivity contribution in [2.75, 3.05) is 23.1 Å². The Hall–Kier alpha value is -11.3. The third-order valence-corrected chi connectivity index (χ3v) is 12.6. The highest BCUT2D eigenvalue weighted by atomic mass is 35.5. The van der Waals surface area contributed by atoms with Crippen LogP contribution in [0.5, 0.6) is 40.2 Å². The van der Waals surface area contributed by atoms with Gasteiger partial charge >= 0.3 is 36.4 Å². The van der Waals surface area contributed by atoms with Crippen molar-refractivity contribution in [3.8, 4) is 40.2 Å². The third-order valence-electron chi connectivity index (χ3n) is 12.1. The molecule has 0 saturated heterocycles. The number of para-hydroxylation sites is 3. The Kier molecular flexibility index (Phi) is 21.8. The van der Waals surface area contributed by atoms with E-state index in [4.69, 9.17) is 57.5 Å². The Morgan fingerprint density at radius 3 is 1.04 bits per heavy atom. The van der Waals surface area contributed by atoms with Crippen LogP contribution in [0.25, 0.3) is 0 Å². The van der Waals surface area contributed by atoms with Crippen molar-refractivity contribution in [1.29, 1.82) is 0 Å². The molecule has 474 valence electrons. The standard InChI is InChI=1S/C21H14ClF3N2O4.C21H15F3N2O5.C20H12ClF3N2O4/c1-11-8-13(22)3-7-17(11)31-18-6-2-12(21(23,24)25)9-15(18)19(28)27-14-4-5-16(20(29)30)26-10-14;1-30-17-4-2-3-5-18(17)31-16-9-6-12(21(22,23)24)10-14(16)19(27)26-13-7-8-15(20(28)29)25-11-13;21-14-3-1-2-4-17(14)30-16-8-5-11(20(22,23)24)9-13(16)18(27)26-12-6-7-15(19(28)29)25-10-12/h2-10H,1H3,(H,27,28)(H,29,30);2-11H,1H3,(H,26,27)(H,28,29);1-10H,(H,26,27)(H,28,29). The Labute approximate surface area is 522 Å². The lowest BCUT2D eigenvalue weighted by Crippen LogP contribution is -2.15. The van der Waals surface area contributed by atoms with Gasteiger partial charge in [-0.1, -0.05) is 47.5 Å². The lowest BCUT2D eigenvalue weighted by molar-refractivity contribution is -0.138. The SMILES string of the molecule is COc1ccccc1Oc1ccc(C(F)(F)F)cc1C(=O)Nc1ccc(C(=O)O)nc1.Cc1cc(Cl)ccc1Oc1ccc(C(F)(F)F)cc1C(=O)Nc1ccc(C(=O)O)nc1.O=C(O)c1ccc(NC(=O)c2cc(C(F)(F)F)ccc2Oc2ccccc2Cl)cn1. The number of carboxylic acids is 3. The molecule has 3 amide bonds. The summed E-state index contributed by atoms with van der Waals surface area (Å²) in [5, 5.41) is 34.4. The number of aromatic nitrogens is 3. The number of rotatable bonds is 16. The van der Waals surface area contributed by atoms with E-state index in [1.165, 1.54) is 49.6 Å². The summed E-state index contributed by atoms with van der Waals surface area (Å²) in [7, 11) is 1.40. The van der Waals surface area contributed by atoms with Crippen molar-refractivity contribution >= 4 is 75.9 Å². The van der Waals surface area contributed by atoms with Gasteiger partial charge in [-0.25, -0.2) is 29.3 Å². The number of carbonyl (C=O) groups excluding carboxylic acids is 3. The fraction of sp³-hybridized carbons (Fsp3) is 0.0806. The van der Waals surface area contributed by atoms with Crippen molar-refractivity contribution in [3.05, 3.63) is 242 Å². The van der Waals surface area contributed by atoms with Crippen molar-refractivity contribution in [2.45, 2.75) is 25.5 Å². The Morgan fingerprint density at radius 2 is 0.728 bits per heavy atom. The van der Waals surface area contributed by atoms with Gasteiger partial charge in [0.05, 0.1) is 81.2 Å². The second kappa shape index (κ2) is 29.4. The topological polar surface area (TPSA) is 275 Å². The molecule has 0 bridgehead atoms.